The summed E-state index contributed by atoms with van der Waals surface area (Å²) in [5.74, 6) is 0.879. The second-order valence-corrected chi connectivity index (χ2v) is 6.74. The van der Waals surface area contributed by atoms with Crippen LogP contribution >= 0.6 is 11.6 Å². The summed E-state index contributed by atoms with van der Waals surface area (Å²) in [4.78, 5) is 2.47. The Hall–Kier alpha value is -0.730. The third-order valence-corrected chi connectivity index (χ3v) is 4.50. The summed E-state index contributed by atoms with van der Waals surface area (Å²) in [5, 5.41) is 0.854. The Morgan fingerprint density at radius 3 is 2.55 bits per heavy atom. The summed E-state index contributed by atoms with van der Waals surface area (Å²) in [6.45, 7) is 7.76. The summed E-state index contributed by atoms with van der Waals surface area (Å²) in [6, 6.07) is 7.17. The van der Waals surface area contributed by atoms with Gasteiger partial charge in [0.25, 0.3) is 0 Å². The highest BCUT2D eigenvalue weighted by Gasteiger charge is 2.26. The lowest BCUT2D eigenvalue weighted by atomic mass is 10.0. The molecule has 1 fully saturated rings. The van der Waals surface area contributed by atoms with Crippen molar-refractivity contribution in [2.24, 2.45) is 11.7 Å². The molecule has 1 atom stereocenters. The Morgan fingerprint density at radius 2 is 2.05 bits per heavy atom. The van der Waals surface area contributed by atoms with E-state index in [0.717, 1.165) is 30.3 Å². The van der Waals surface area contributed by atoms with E-state index in [2.05, 4.69) is 43.9 Å². The first-order valence-electron chi connectivity index (χ1n) is 7.81. The van der Waals surface area contributed by atoms with E-state index in [0.29, 0.717) is 6.04 Å². The van der Waals surface area contributed by atoms with Gasteiger partial charge in [0, 0.05) is 29.3 Å². The molecule has 0 spiro atoms. The molecule has 1 aromatic carbocycles. The summed E-state index contributed by atoms with van der Waals surface area (Å²) in [6.07, 6.45) is 4.60. The van der Waals surface area contributed by atoms with Crippen molar-refractivity contribution in [3.63, 3.8) is 0 Å². The van der Waals surface area contributed by atoms with Crippen molar-refractivity contribution in [2.45, 2.75) is 58.5 Å². The Morgan fingerprint density at radius 1 is 1.35 bits per heavy atom. The third-order valence-electron chi connectivity index (χ3n) is 4.15. The van der Waals surface area contributed by atoms with Crippen LogP contribution in [0.2, 0.25) is 5.02 Å². The Kier molecular flexibility index (Phi) is 5.34. The molecular weight excluding hydrogens is 268 g/mol. The molecule has 0 heterocycles. The summed E-state index contributed by atoms with van der Waals surface area (Å²) >= 11 is 6.45. The average Bonchev–Trinajstić information content (AvgIpc) is 3.22. The molecule has 0 amide bonds. The number of anilines is 1. The van der Waals surface area contributed by atoms with Gasteiger partial charge in [-0.25, -0.2) is 0 Å². The monoisotopic (exact) mass is 294 g/mol. The minimum atomic E-state index is 0.200. The number of hydrogen-bond donors (Lipinski definition) is 1. The summed E-state index contributed by atoms with van der Waals surface area (Å²) in [7, 11) is 0. The second kappa shape index (κ2) is 6.82. The summed E-state index contributed by atoms with van der Waals surface area (Å²) < 4.78 is 0. The summed E-state index contributed by atoms with van der Waals surface area (Å²) in [5.41, 5.74) is 8.43. The SMILES string of the molecule is CCC(N)Cc1ccc(N(CC2CC2)C(C)C)cc1Cl. The van der Waals surface area contributed by atoms with Gasteiger partial charge < -0.3 is 10.6 Å². The van der Waals surface area contributed by atoms with Gasteiger partial charge in [-0.3, -0.25) is 0 Å². The van der Waals surface area contributed by atoms with E-state index in [1.165, 1.54) is 24.1 Å². The molecule has 0 aromatic heterocycles. The molecule has 3 heteroatoms. The quantitative estimate of drug-likeness (QED) is 0.815. The Bertz CT molecular complexity index is 441. The van der Waals surface area contributed by atoms with Crippen molar-refractivity contribution >= 4 is 17.3 Å². The molecule has 0 bridgehead atoms. The lowest BCUT2D eigenvalue weighted by Crippen LogP contribution is -2.32. The average molecular weight is 295 g/mol. The molecule has 2 rings (SSSR count). The molecule has 2 N–H and O–H groups in total. The highest BCUT2D eigenvalue weighted by atomic mass is 35.5. The molecule has 20 heavy (non-hydrogen) atoms. The maximum atomic E-state index is 6.45. The largest absolute Gasteiger partial charge is 0.369 e. The zero-order valence-electron chi connectivity index (χ0n) is 12.9. The van der Waals surface area contributed by atoms with Crippen molar-refractivity contribution in [1.29, 1.82) is 0 Å². The molecule has 1 aromatic rings. The molecular formula is C17H27ClN2. The van der Waals surface area contributed by atoms with Gasteiger partial charge in [0.1, 0.15) is 0 Å². The highest BCUT2D eigenvalue weighted by molar-refractivity contribution is 6.31. The van der Waals surface area contributed by atoms with Crippen LogP contribution in [0.1, 0.15) is 45.6 Å². The number of halogens is 1. The van der Waals surface area contributed by atoms with Gasteiger partial charge in [0.15, 0.2) is 0 Å². The topological polar surface area (TPSA) is 29.3 Å². The van der Waals surface area contributed by atoms with E-state index in [9.17, 15) is 0 Å². The van der Waals surface area contributed by atoms with Gasteiger partial charge in [-0.05, 0) is 63.1 Å². The molecule has 0 aliphatic heterocycles. The molecule has 1 saturated carbocycles. The number of benzene rings is 1. The minimum absolute atomic E-state index is 0.200. The molecule has 1 aliphatic rings. The lowest BCUT2D eigenvalue weighted by molar-refractivity contribution is 0.640. The van der Waals surface area contributed by atoms with Crippen LogP contribution < -0.4 is 10.6 Å². The van der Waals surface area contributed by atoms with Crippen LogP contribution in [-0.4, -0.2) is 18.6 Å². The Labute approximate surface area is 128 Å². The maximum absolute atomic E-state index is 6.45. The number of nitrogens with two attached hydrogens (primary N) is 1. The number of rotatable bonds is 7. The van der Waals surface area contributed by atoms with Crippen molar-refractivity contribution in [3.05, 3.63) is 28.8 Å². The van der Waals surface area contributed by atoms with E-state index in [1.54, 1.807) is 0 Å². The smallest absolute Gasteiger partial charge is 0.0459 e. The predicted molar refractivity (Wildman–Crippen MR) is 88.6 cm³/mol. The number of nitrogens with zero attached hydrogens (tertiary/aromatic N) is 1. The van der Waals surface area contributed by atoms with Crippen molar-refractivity contribution in [2.75, 3.05) is 11.4 Å². The van der Waals surface area contributed by atoms with Gasteiger partial charge >= 0.3 is 0 Å². The minimum Gasteiger partial charge on any atom is -0.369 e. The third kappa shape index (κ3) is 4.13. The molecule has 0 saturated heterocycles. The van der Waals surface area contributed by atoms with Crippen molar-refractivity contribution < 1.29 is 0 Å². The maximum Gasteiger partial charge on any atom is 0.0459 e. The van der Waals surface area contributed by atoms with Crippen molar-refractivity contribution in [1.82, 2.24) is 0 Å². The standard InChI is InChI=1S/C17H27ClN2/c1-4-15(19)9-14-7-8-16(10-17(14)18)20(12(2)3)11-13-5-6-13/h7-8,10,12-13,15H,4-6,9,11,19H2,1-3H3. The van der Waals surface area contributed by atoms with Crippen LogP contribution in [0.3, 0.4) is 0 Å². The van der Waals surface area contributed by atoms with E-state index in [-0.39, 0.29) is 6.04 Å². The van der Waals surface area contributed by atoms with Gasteiger partial charge in [-0.1, -0.05) is 24.6 Å². The van der Waals surface area contributed by atoms with Crippen molar-refractivity contribution in [3.8, 4) is 0 Å². The van der Waals surface area contributed by atoms with Crippen LogP contribution in [0.4, 0.5) is 5.69 Å². The first kappa shape index (κ1) is 15.7. The van der Waals surface area contributed by atoms with E-state index in [1.807, 2.05) is 0 Å². The fraction of sp³-hybridized carbons (Fsp3) is 0.647. The first-order valence-corrected chi connectivity index (χ1v) is 8.19. The normalized spacial score (nSPS) is 16.5. The van der Waals surface area contributed by atoms with Crippen LogP contribution in [0, 0.1) is 5.92 Å². The lowest BCUT2D eigenvalue weighted by Gasteiger charge is -2.29. The number of hydrogen-bond acceptors (Lipinski definition) is 2. The van der Waals surface area contributed by atoms with Gasteiger partial charge in [-0.15, -0.1) is 0 Å². The zero-order valence-corrected chi connectivity index (χ0v) is 13.7. The first-order chi connectivity index (χ1) is 9.51. The van der Waals surface area contributed by atoms with E-state index >= 15 is 0 Å². The van der Waals surface area contributed by atoms with E-state index in [4.69, 9.17) is 17.3 Å². The van der Waals surface area contributed by atoms with Crippen LogP contribution in [-0.2, 0) is 6.42 Å². The Balaban J connectivity index is 2.13. The van der Waals surface area contributed by atoms with Crippen LogP contribution in [0.25, 0.3) is 0 Å². The molecule has 0 radical (unpaired) electrons. The molecule has 1 aliphatic carbocycles. The van der Waals surface area contributed by atoms with Gasteiger partial charge in [-0.2, -0.15) is 0 Å². The van der Waals surface area contributed by atoms with E-state index < -0.39 is 0 Å². The fourth-order valence-electron chi connectivity index (χ4n) is 2.50. The fourth-order valence-corrected chi connectivity index (χ4v) is 2.75. The van der Waals surface area contributed by atoms with Gasteiger partial charge in [0.2, 0.25) is 0 Å². The second-order valence-electron chi connectivity index (χ2n) is 6.34. The van der Waals surface area contributed by atoms with Gasteiger partial charge in [0.05, 0.1) is 0 Å². The molecule has 112 valence electrons. The predicted octanol–water partition coefficient (Wildman–Crippen LogP) is 4.24. The molecule has 1 unspecified atom stereocenters. The zero-order chi connectivity index (χ0) is 14.7. The van der Waals surface area contributed by atoms with Crippen LogP contribution in [0.15, 0.2) is 18.2 Å². The highest BCUT2D eigenvalue weighted by Crippen LogP contribution is 2.33. The molecule has 2 nitrogen and oxygen atoms in total. The van der Waals surface area contributed by atoms with Crippen LogP contribution in [0.5, 0.6) is 0 Å².